The topological polar surface area (TPSA) is 20.2 Å². The molecule has 3 atom stereocenters. The third-order valence-corrected chi connectivity index (χ3v) is 4.43. The van der Waals surface area contributed by atoms with Crippen LogP contribution in [0.2, 0.25) is 0 Å². The van der Waals surface area contributed by atoms with Crippen LogP contribution in [-0.4, -0.2) is 11.7 Å². The smallest absolute Gasteiger partial charge is 0.0499 e. The highest BCUT2D eigenvalue weighted by atomic mass is 16.3. The van der Waals surface area contributed by atoms with Crippen molar-refractivity contribution in [2.75, 3.05) is 6.61 Å². The van der Waals surface area contributed by atoms with Crippen molar-refractivity contribution in [3.05, 3.63) is 23.8 Å². The highest BCUT2D eigenvalue weighted by Gasteiger charge is 2.39. The lowest BCUT2D eigenvalue weighted by atomic mass is 9.82. The molecule has 0 aromatic carbocycles. The molecular formula is C15H24O. The second-order valence-corrected chi connectivity index (χ2v) is 6.36. The molecule has 2 aliphatic carbocycles. The van der Waals surface area contributed by atoms with Gasteiger partial charge in [0.2, 0.25) is 0 Å². The highest BCUT2D eigenvalue weighted by Crippen LogP contribution is 2.50. The Morgan fingerprint density at radius 3 is 2.75 bits per heavy atom. The van der Waals surface area contributed by atoms with Crippen LogP contribution in [0.3, 0.4) is 0 Å². The number of hydrogen-bond acceptors (Lipinski definition) is 1. The summed E-state index contributed by atoms with van der Waals surface area (Å²) < 4.78 is 0. The van der Waals surface area contributed by atoms with Crippen LogP contribution in [-0.2, 0) is 0 Å². The fraction of sp³-hybridized carbons (Fsp3) is 0.733. The predicted octanol–water partition coefficient (Wildman–Crippen LogP) is 3.55. The van der Waals surface area contributed by atoms with Gasteiger partial charge in [0.05, 0.1) is 0 Å². The normalized spacial score (nSPS) is 37.9. The van der Waals surface area contributed by atoms with Crippen molar-refractivity contribution >= 4 is 0 Å². The van der Waals surface area contributed by atoms with Gasteiger partial charge in [-0.1, -0.05) is 33.4 Å². The summed E-state index contributed by atoms with van der Waals surface area (Å²) in [7, 11) is 0. The van der Waals surface area contributed by atoms with Gasteiger partial charge in [0.1, 0.15) is 0 Å². The zero-order valence-electron chi connectivity index (χ0n) is 10.8. The second-order valence-electron chi connectivity index (χ2n) is 6.36. The van der Waals surface area contributed by atoms with Crippen LogP contribution >= 0.6 is 0 Å². The Morgan fingerprint density at radius 2 is 2.12 bits per heavy atom. The molecule has 2 aliphatic rings. The van der Waals surface area contributed by atoms with Gasteiger partial charge in [-0.25, -0.2) is 0 Å². The summed E-state index contributed by atoms with van der Waals surface area (Å²) in [4.78, 5) is 0. The Hall–Kier alpha value is -0.560. The van der Waals surface area contributed by atoms with E-state index in [1.165, 1.54) is 24.0 Å². The van der Waals surface area contributed by atoms with Gasteiger partial charge >= 0.3 is 0 Å². The Bertz CT molecular complexity index is 324. The van der Waals surface area contributed by atoms with Crippen molar-refractivity contribution in [3.63, 3.8) is 0 Å². The van der Waals surface area contributed by atoms with Gasteiger partial charge in [-0.05, 0) is 47.7 Å². The number of hydrogen-bond donors (Lipinski definition) is 1. The fourth-order valence-corrected chi connectivity index (χ4v) is 3.38. The molecule has 90 valence electrons. The minimum Gasteiger partial charge on any atom is -0.396 e. The lowest BCUT2D eigenvalue weighted by Gasteiger charge is -2.22. The van der Waals surface area contributed by atoms with Crippen molar-refractivity contribution in [2.24, 2.45) is 23.2 Å². The molecule has 0 aliphatic heterocycles. The van der Waals surface area contributed by atoms with Crippen molar-refractivity contribution in [2.45, 2.75) is 40.0 Å². The number of aliphatic hydroxyl groups excluding tert-OH is 1. The standard InChI is InChI=1S/C15H24O/c1-10-5-6-12(9-16)11(2)14-8-15(3,4)7-13(10)14/h8,10,12-13,16H,2,5-7,9H2,1,3-4H3/t10-,12+,13-/m0/s1. The first-order chi connectivity index (χ1) is 7.44. The summed E-state index contributed by atoms with van der Waals surface area (Å²) in [5.74, 6) is 1.72. The van der Waals surface area contributed by atoms with E-state index in [2.05, 4.69) is 33.4 Å². The van der Waals surface area contributed by atoms with E-state index in [1.54, 1.807) is 0 Å². The van der Waals surface area contributed by atoms with E-state index in [1.807, 2.05) is 0 Å². The minimum atomic E-state index is 0.260. The molecule has 0 heterocycles. The Kier molecular flexibility index (Phi) is 3.00. The second kappa shape index (κ2) is 4.03. The van der Waals surface area contributed by atoms with Crippen molar-refractivity contribution in [3.8, 4) is 0 Å². The third kappa shape index (κ3) is 1.98. The maximum atomic E-state index is 9.43. The zero-order valence-corrected chi connectivity index (χ0v) is 10.8. The maximum absolute atomic E-state index is 9.43. The van der Waals surface area contributed by atoms with E-state index < -0.39 is 0 Å². The number of allylic oxidation sites excluding steroid dienone is 2. The Balaban J connectivity index is 2.33. The Labute approximate surface area is 99.3 Å². The van der Waals surface area contributed by atoms with E-state index in [0.717, 1.165) is 12.3 Å². The highest BCUT2D eigenvalue weighted by molar-refractivity contribution is 5.39. The van der Waals surface area contributed by atoms with Crippen LogP contribution in [0.4, 0.5) is 0 Å². The molecule has 0 aromatic rings. The predicted molar refractivity (Wildman–Crippen MR) is 68.1 cm³/mol. The largest absolute Gasteiger partial charge is 0.396 e. The molecule has 0 saturated heterocycles. The molecule has 0 aromatic heterocycles. The summed E-state index contributed by atoms with van der Waals surface area (Å²) in [6.45, 7) is 11.5. The molecule has 0 spiro atoms. The van der Waals surface area contributed by atoms with Crippen LogP contribution < -0.4 is 0 Å². The quantitative estimate of drug-likeness (QED) is 0.716. The van der Waals surface area contributed by atoms with Crippen LogP contribution in [0.5, 0.6) is 0 Å². The number of fused-ring (bicyclic) bond motifs is 1. The maximum Gasteiger partial charge on any atom is 0.0499 e. The zero-order chi connectivity index (χ0) is 11.9. The molecule has 16 heavy (non-hydrogen) atoms. The average molecular weight is 220 g/mol. The first-order valence-corrected chi connectivity index (χ1v) is 6.47. The van der Waals surface area contributed by atoms with Crippen molar-refractivity contribution in [1.29, 1.82) is 0 Å². The molecule has 0 unspecified atom stereocenters. The van der Waals surface area contributed by atoms with Gasteiger partial charge in [0.25, 0.3) is 0 Å². The molecule has 0 amide bonds. The molecule has 0 radical (unpaired) electrons. The molecule has 1 fully saturated rings. The summed E-state index contributed by atoms with van der Waals surface area (Å²) >= 11 is 0. The Morgan fingerprint density at radius 1 is 1.44 bits per heavy atom. The van der Waals surface area contributed by atoms with Gasteiger partial charge in [-0.2, -0.15) is 0 Å². The summed E-state index contributed by atoms with van der Waals surface area (Å²) in [6.07, 6.45) is 5.98. The molecule has 1 N–H and O–H groups in total. The summed E-state index contributed by atoms with van der Waals surface area (Å²) in [6, 6.07) is 0. The molecule has 0 bridgehead atoms. The molecule has 1 nitrogen and oxygen atoms in total. The van der Waals surface area contributed by atoms with Crippen LogP contribution in [0.15, 0.2) is 23.8 Å². The lowest BCUT2D eigenvalue weighted by molar-refractivity contribution is 0.235. The monoisotopic (exact) mass is 220 g/mol. The molecule has 2 rings (SSSR count). The fourth-order valence-electron chi connectivity index (χ4n) is 3.38. The van der Waals surface area contributed by atoms with Crippen LogP contribution in [0.25, 0.3) is 0 Å². The van der Waals surface area contributed by atoms with Crippen LogP contribution in [0, 0.1) is 23.2 Å². The SMILES string of the molecule is C=C1C2=CC(C)(C)C[C@H]2[C@@H](C)CC[C@@H]1CO. The van der Waals surface area contributed by atoms with Gasteiger partial charge < -0.3 is 5.11 Å². The molecule has 1 heteroatoms. The van der Waals surface area contributed by atoms with Gasteiger partial charge in [0.15, 0.2) is 0 Å². The lowest BCUT2D eigenvalue weighted by Crippen LogP contribution is -2.13. The third-order valence-electron chi connectivity index (χ3n) is 4.43. The molecule has 1 saturated carbocycles. The molecular weight excluding hydrogens is 196 g/mol. The first-order valence-electron chi connectivity index (χ1n) is 6.47. The van der Waals surface area contributed by atoms with Gasteiger partial charge in [-0.15, -0.1) is 0 Å². The van der Waals surface area contributed by atoms with E-state index in [9.17, 15) is 5.11 Å². The van der Waals surface area contributed by atoms with Crippen molar-refractivity contribution < 1.29 is 5.11 Å². The summed E-state index contributed by atoms with van der Waals surface area (Å²) in [5, 5.41) is 9.43. The summed E-state index contributed by atoms with van der Waals surface area (Å²) in [5.41, 5.74) is 2.98. The van der Waals surface area contributed by atoms with E-state index in [-0.39, 0.29) is 6.61 Å². The van der Waals surface area contributed by atoms with Gasteiger partial charge in [0, 0.05) is 12.5 Å². The van der Waals surface area contributed by atoms with Gasteiger partial charge in [-0.3, -0.25) is 0 Å². The number of aliphatic hydroxyl groups is 1. The minimum absolute atomic E-state index is 0.260. The van der Waals surface area contributed by atoms with E-state index in [0.29, 0.717) is 17.3 Å². The van der Waals surface area contributed by atoms with Crippen LogP contribution in [0.1, 0.15) is 40.0 Å². The average Bonchev–Trinajstić information content (AvgIpc) is 2.50. The van der Waals surface area contributed by atoms with E-state index >= 15 is 0 Å². The van der Waals surface area contributed by atoms with Crippen molar-refractivity contribution in [1.82, 2.24) is 0 Å². The number of rotatable bonds is 1. The van der Waals surface area contributed by atoms with E-state index in [4.69, 9.17) is 0 Å². The first kappa shape index (κ1) is 11.9.